The highest BCUT2D eigenvalue weighted by atomic mass is 79.9. The molecule has 0 radical (unpaired) electrons. The molecule has 1 aromatic rings. The first-order chi connectivity index (χ1) is 8.19. The number of carbonyl (C=O) groups is 1. The summed E-state index contributed by atoms with van der Waals surface area (Å²) in [5, 5.41) is 0. The number of benzene rings is 1. The van der Waals surface area contributed by atoms with E-state index in [0.29, 0.717) is 13.0 Å². The van der Waals surface area contributed by atoms with Gasteiger partial charge in [-0.3, -0.25) is 9.69 Å². The van der Waals surface area contributed by atoms with E-state index < -0.39 is 0 Å². The minimum absolute atomic E-state index is 0.107. The molecular weight excluding hydrogens is 282 g/mol. The molecule has 0 fully saturated rings. The normalized spacial score (nSPS) is 14.7. The molecule has 17 heavy (non-hydrogen) atoms. The van der Waals surface area contributed by atoms with Crippen LogP contribution in [0, 0.1) is 0 Å². The van der Waals surface area contributed by atoms with Crippen molar-refractivity contribution in [3.63, 3.8) is 0 Å². The zero-order valence-electron chi connectivity index (χ0n) is 9.91. The fourth-order valence-corrected chi connectivity index (χ4v) is 2.48. The number of fused-ring (bicyclic) bond motifs is 1. The van der Waals surface area contributed by atoms with Crippen molar-refractivity contribution in [3.8, 4) is 0 Å². The van der Waals surface area contributed by atoms with Gasteiger partial charge in [0.2, 0.25) is 0 Å². The molecule has 0 bridgehead atoms. The molecule has 0 unspecified atom stereocenters. The number of esters is 1. The summed E-state index contributed by atoms with van der Waals surface area (Å²) in [4.78, 5) is 13.5. The predicted molar refractivity (Wildman–Crippen MR) is 69.5 cm³/mol. The van der Waals surface area contributed by atoms with Gasteiger partial charge in [0.25, 0.3) is 0 Å². The van der Waals surface area contributed by atoms with Gasteiger partial charge in [0.1, 0.15) is 0 Å². The van der Waals surface area contributed by atoms with Crippen LogP contribution < -0.4 is 0 Å². The fourth-order valence-electron chi connectivity index (χ4n) is 2.07. The summed E-state index contributed by atoms with van der Waals surface area (Å²) >= 11 is 3.47. The molecule has 0 aromatic heterocycles. The Morgan fingerprint density at radius 2 is 2.18 bits per heavy atom. The lowest BCUT2D eigenvalue weighted by Gasteiger charge is -2.13. The van der Waals surface area contributed by atoms with E-state index in [1.165, 1.54) is 11.1 Å². The molecule has 1 aromatic carbocycles. The van der Waals surface area contributed by atoms with E-state index in [4.69, 9.17) is 4.74 Å². The van der Waals surface area contributed by atoms with Crippen molar-refractivity contribution in [3.05, 3.63) is 33.8 Å². The van der Waals surface area contributed by atoms with E-state index in [1.807, 2.05) is 6.92 Å². The van der Waals surface area contributed by atoms with Crippen molar-refractivity contribution in [1.29, 1.82) is 0 Å². The number of carbonyl (C=O) groups excluding carboxylic acids is 1. The Hall–Kier alpha value is -0.870. The molecule has 0 spiro atoms. The number of ether oxygens (including phenoxy) is 1. The maximum absolute atomic E-state index is 11.3. The second-order valence-corrected chi connectivity index (χ2v) is 5.09. The van der Waals surface area contributed by atoms with Gasteiger partial charge in [-0.25, -0.2) is 0 Å². The summed E-state index contributed by atoms with van der Waals surface area (Å²) in [5.41, 5.74) is 2.71. The van der Waals surface area contributed by atoms with Gasteiger partial charge in [0, 0.05) is 24.1 Å². The third-order valence-corrected chi connectivity index (χ3v) is 3.39. The van der Waals surface area contributed by atoms with Crippen LogP contribution in [0.2, 0.25) is 0 Å². The summed E-state index contributed by atoms with van der Waals surface area (Å²) in [7, 11) is 0. The van der Waals surface area contributed by atoms with E-state index in [-0.39, 0.29) is 5.97 Å². The van der Waals surface area contributed by atoms with Crippen molar-refractivity contribution in [2.24, 2.45) is 0 Å². The highest BCUT2D eigenvalue weighted by Crippen LogP contribution is 2.25. The van der Waals surface area contributed by atoms with Crippen LogP contribution in [0.5, 0.6) is 0 Å². The standard InChI is InChI=1S/C13H16BrNO2/c1-2-17-13(16)5-6-15-8-10-3-4-12(14)7-11(10)9-15/h3-4,7H,2,5-6,8-9H2,1H3. The van der Waals surface area contributed by atoms with Gasteiger partial charge in [-0.2, -0.15) is 0 Å². The average molecular weight is 298 g/mol. The third-order valence-electron chi connectivity index (χ3n) is 2.89. The zero-order chi connectivity index (χ0) is 12.3. The van der Waals surface area contributed by atoms with Crippen molar-refractivity contribution >= 4 is 21.9 Å². The van der Waals surface area contributed by atoms with E-state index in [2.05, 4.69) is 39.0 Å². The fraction of sp³-hybridized carbons (Fsp3) is 0.462. The Morgan fingerprint density at radius 1 is 1.41 bits per heavy atom. The van der Waals surface area contributed by atoms with E-state index >= 15 is 0 Å². The van der Waals surface area contributed by atoms with Crippen molar-refractivity contribution in [2.45, 2.75) is 26.4 Å². The van der Waals surface area contributed by atoms with E-state index in [0.717, 1.165) is 24.1 Å². The van der Waals surface area contributed by atoms with Gasteiger partial charge in [0.15, 0.2) is 0 Å². The molecule has 0 saturated carbocycles. The Balaban J connectivity index is 1.86. The van der Waals surface area contributed by atoms with E-state index in [9.17, 15) is 4.79 Å². The lowest BCUT2D eigenvalue weighted by Crippen LogP contribution is -2.21. The maximum Gasteiger partial charge on any atom is 0.307 e. The van der Waals surface area contributed by atoms with Crippen LogP contribution in [0.3, 0.4) is 0 Å². The van der Waals surface area contributed by atoms with Gasteiger partial charge in [-0.1, -0.05) is 22.0 Å². The predicted octanol–water partition coefficient (Wildman–Crippen LogP) is 2.72. The summed E-state index contributed by atoms with van der Waals surface area (Å²) in [6.45, 7) is 4.93. The Morgan fingerprint density at radius 3 is 2.94 bits per heavy atom. The van der Waals surface area contributed by atoms with Crippen LogP contribution in [0.15, 0.2) is 22.7 Å². The quantitative estimate of drug-likeness (QED) is 0.801. The highest BCUT2D eigenvalue weighted by molar-refractivity contribution is 9.10. The Bertz CT molecular complexity index is 420. The van der Waals surface area contributed by atoms with Gasteiger partial charge < -0.3 is 4.74 Å². The smallest absolute Gasteiger partial charge is 0.307 e. The largest absolute Gasteiger partial charge is 0.466 e. The average Bonchev–Trinajstić information content (AvgIpc) is 2.68. The van der Waals surface area contributed by atoms with Crippen molar-refractivity contribution < 1.29 is 9.53 Å². The first-order valence-electron chi connectivity index (χ1n) is 5.84. The number of hydrogen-bond acceptors (Lipinski definition) is 3. The van der Waals surface area contributed by atoms with Crippen LogP contribution in [-0.2, 0) is 22.6 Å². The molecule has 0 saturated heterocycles. The number of hydrogen-bond donors (Lipinski definition) is 0. The zero-order valence-corrected chi connectivity index (χ0v) is 11.5. The second kappa shape index (κ2) is 5.65. The summed E-state index contributed by atoms with van der Waals surface area (Å²) < 4.78 is 6.04. The van der Waals surface area contributed by atoms with Crippen molar-refractivity contribution in [2.75, 3.05) is 13.2 Å². The molecule has 0 atom stereocenters. The lowest BCUT2D eigenvalue weighted by atomic mass is 10.1. The van der Waals surface area contributed by atoms with Gasteiger partial charge >= 0.3 is 5.97 Å². The van der Waals surface area contributed by atoms with Crippen LogP contribution in [-0.4, -0.2) is 24.0 Å². The van der Waals surface area contributed by atoms with Crippen LogP contribution in [0.1, 0.15) is 24.5 Å². The first kappa shape index (κ1) is 12.6. The summed E-state index contributed by atoms with van der Waals surface area (Å²) in [5.74, 6) is -0.107. The lowest BCUT2D eigenvalue weighted by molar-refractivity contribution is -0.143. The monoisotopic (exact) mass is 297 g/mol. The second-order valence-electron chi connectivity index (χ2n) is 4.18. The molecule has 1 aliphatic rings. The molecule has 0 amide bonds. The molecule has 0 N–H and O–H groups in total. The molecule has 1 heterocycles. The first-order valence-corrected chi connectivity index (χ1v) is 6.63. The Labute approximate surface area is 110 Å². The third kappa shape index (κ3) is 3.30. The Kier molecular flexibility index (Phi) is 4.18. The SMILES string of the molecule is CCOC(=O)CCN1Cc2ccc(Br)cc2C1. The molecule has 2 rings (SSSR count). The van der Waals surface area contributed by atoms with Crippen LogP contribution >= 0.6 is 15.9 Å². The molecular formula is C13H16BrNO2. The molecule has 0 aliphatic carbocycles. The topological polar surface area (TPSA) is 29.5 Å². The molecule has 1 aliphatic heterocycles. The number of halogens is 1. The van der Waals surface area contributed by atoms with Crippen LogP contribution in [0.4, 0.5) is 0 Å². The van der Waals surface area contributed by atoms with Gasteiger partial charge in [-0.05, 0) is 30.2 Å². The van der Waals surface area contributed by atoms with Crippen molar-refractivity contribution in [1.82, 2.24) is 4.90 Å². The van der Waals surface area contributed by atoms with Gasteiger partial charge in [0.05, 0.1) is 13.0 Å². The maximum atomic E-state index is 11.3. The number of rotatable bonds is 4. The minimum Gasteiger partial charge on any atom is -0.466 e. The summed E-state index contributed by atoms with van der Waals surface area (Å²) in [6, 6.07) is 6.36. The van der Waals surface area contributed by atoms with E-state index in [1.54, 1.807) is 0 Å². The number of nitrogens with zero attached hydrogens (tertiary/aromatic N) is 1. The minimum atomic E-state index is -0.107. The van der Waals surface area contributed by atoms with Crippen LogP contribution in [0.25, 0.3) is 0 Å². The summed E-state index contributed by atoms with van der Waals surface area (Å²) in [6.07, 6.45) is 0.475. The molecule has 92 valence electrons. The molecule has 4 heteroatoms. The molecule has 3 nitrogen and oxygen atoms in total. The highest BCUT2D eigenvalue weighted by Gasteiger charge is 2.19. The van der Waals surface area contributed by atoms with Gasteiger partial charge in [-0.15, -0.1) is 0 Å².